The molecule has 4 rings (SSSR count). The van der Waals surface area contributed by atoms with Gasteiger partial charge in [-0.2, -0.15) is 0 Å². The molecule has 0 atom stereocenters. The number of non-ortho nitro benzene ring substituents is 1. The maximum atomic E-state index is 12.6. The molecule has 2 amide bonds. The van der Waals surface area contributed by atoms with Crippen molar-refractivity contribution in [2.24, 2.45) is 0 Å². The Bertz CT molecular complexity index is 1260. The number of hydrogen-bond acceptors (Lipinski definition) is 8. The molecule has 3 aromatic rings. The predicted octanol–water partition coefficient (Wildman–Crippen LogP) is 3.75. The second kappa shape index (κ2) is 9.91. The largest absolute Gasteiger partial charge is 0.494 e. The lowest BCUT2D eigenvalue weighted by atomic mass is 10.2. The number of carbonyl (C=O) groups excluding carboxylic acids is 2. The van der Waals surface area contributed by atoms with Gasteiger partial charge in [-0.05, 0) is 37.1 Å². The van der Waals surface area contributed by atoms with Gasteiger partial charge >= 0.3 is 0 Å². The molecule has 0 radical (unpaired) electrons. The lowest BCUT2D eigenvalue weighted by Gasteiger charge is -2.12. The van der Waals surface area contributed by atoms with Crippen LogP contribution in [0.2, 0.25) is 0 Å². The number of ether oxygens (including phenoxy) is 1. The minimum atomic E-state index is -0.533. The summed E-state index contributed by atoms with van der Waals surface area (Å²) in [5, 5.41) is 25.6. The number of nitrogens with one attached hydrogen (secondary N) is 2. The number of methoxy groups -OCH3 is 1. The van der Waals surface area contributed by atoms with Crippen LogP contribution in [-0.2, 0) is 9.59 Å². The van der Waals surface area contributed by atoms with Gasteiger partial charge in [-0.25, -0.2) is 0 Å². The fraction of sp³-hybridized carbons (Fsp3) is 0.273. The van der Waals surface area contributed by atoms with Crippen LogP contribution in [0.5, 0.6) is 5.75 Å². The third kappa shape index (κ3) is 5.34. The molecule has 0 aliphatic heterocycles. The molecule has 0 unspecified atom stereocenters. The first-order chi connectivity index (χ1) is 16.4. The quantitative estimate of drug-likeness (QED) is 0.267. The number of hydrogen-bond donors (Lipinski definition) is 2. The SMILES string of the molecule is COc1cc([N+](=O)[O-])ccc1NC(=O)CSc1nnc(C2CC2)n1-c1cccc(NC(C)=O)c1. The molecule has 0 spiro atoms. The Balaban J connectivity index is 1.51. The summed E-state index contributed by atoms with van der Waals surface area (Å²) in [5.74, 6) is 0.864. The summed E-state index contributed by atoms with van der Waals surface area (Å²) >= 11 is 1.22. The van der Waals surface area contributed by atoms with Gasteiger partial charge in [0.1, 0.15) is 11.6 Å². The van der Waals surface area contributed by atoms with E-state index < -0.39 is 4.92 Å². The summed E-state index contributed by atoms with van der Waals surface area (Å²) in [6, 6.07) is 11.3. The zero-order chi connectivity index (χ0) is 24.2. The zero-order valence-electron chi connectivity index (χ0n) is 18.5. The fourth-order valence-electron chi connectivity index (χ4n) is 3.36. The Kier molecular flexibility index (Phi) is 6.77. The average Bonchev–Trinajstić information content (AvgIpc) is 3.56. The third-order valence-electron chi connectivity index (χ3n) is 5.03. The first-order valence-corrected chi connectivity index (χ1v) is 11.4. The van der Waals surface area contributed by atoms with Crippen molar-refractivity contribution in [1.82, 2.24) is 14.8 Å². The van der Waals surface area contributed by atoms with Gasteiger partial charge in [0.2, 0.25) is 11.8 Å². The van der Waals surface area contributed by atoms with Gasteiger partial charge in [-0.1, -0.05) is 17.8 Å². The minimum absolute atomic E-state index is 0.0360. The van der Waals surface area contributed by atoms with Crippen LogP contribution >= 0.6 is 11.8 Å². The maximum absolute atomic E-state index is 12.6. The van der Waals surface area contributed by atoms with Crippen molar-refractivity contribution >= 4 is 40.6 Å². The van der Waals surface area contributed by atoms with Crippen molar-refractivity contribution in [3.63, 3.8) is 0 Å². The van der Waals surface area contributed by atoms with Gasteiger partial charge in [0.15, 0.2) is 5.16 Å². The standard InChI is InChI=1S/C22H22N6O5S/c1-13(29)23-15-4-3-5-16(10-15)27-21(14-6-7-14)25-26-22(27)34-12-20(30)24-18-9-8-17(28(31)32)11-19(18)33-2/h3-5,8-11,14H,6-7,12H2,1-2H3,(H,23,29)(H,24,30). The number of nitrogens with zero attached hydrogens (tertiary/aromatic N) is 4. The summed E-state index contributed by atoms with van der Waals surface area (Å²) in [5.41, 5.74) is 1.64. The molecule has 34 heavy (non-hydrogen) atoms. The van der Waals surface area contributed by atoms with Crippen LogP contribution in [0.3, 0.4) is 0 Å². The lowest BCUT2D eigenvalue weighted by molar-refractivity contribution is -0.384. The second-order valence-electron chi connectivity index (χ2n) is 7.66. The number of amides is 2. The van der Waals surface area contributed by atoms with Crippen molar-refractivity contribution in [1.29, 1.82) is 0 Å². The number of aromatic nitrogens is 3. The number of nitro groups is 1. The molecular formula is C22H22N6O5S. The van der Waals surface area contributed by atoms with Crippen LogP contribution in [0, 0.1) is 10.1 Å². The summed E-state index contributed by atoms with van der Waals surface area (Å²) in [7, 11) is 1.38. The number of benzene rings is 2. The summed E-state index contributed by atoms with van der Waals surface area (Å²) in [6.07, 6.45) is 2.04. The van der Waals surface area contributed by atoms with Crippen molar-refractivity contribution in [2.75, 3.05) is 23.5 Å². The van der Waals surface area contributed by atoms with Gasteiger partial charge in [-0.15, -0.1) is 10.2 Å². The van der Waals surface area contributed by atoms with Crippen LogP contribution < -0.4 is 15.4 Å². The highest BCUT2D eigenvalue weighted by atomic mass is 32.2. The van der Waals surface area contributed by atoms with Crippen LogP contribution in [0.15, 0.2) is 47.6 Å². The average molecular weight is 483 g/mol. The lowest BCUT2D eigenvalue weighted by Crippen LogP contribution is -2.15. The van der Waals surface area contributed by atoms with E-state index in [-0.39, 0.29) is 29.0 Å². The van der Waals surface area contributed by atoms with Crippen molar-refractivity contribution in [3.8, 4) is 11.4 Å². The molecule has 0 bridgehead atoms. The summed E-state index contributed by atoms with van der Waals surface area (Å²) in [6.45, 7) is 1.45. The van der Waals surface area contributed by atoms with Gasteiger partial charge in [0.25, 0.3) is 5.69 Å². The van der Waals surface area contributed by atoms with E-state index in [1.807, 2.05) is 22.8 Å². The summed E-state index contributed by atoms with van der Waals surface area (Å²) < 4.78 is 7.08. The summed E-state index contributed by atoms with van der Waals surface area (Å²) in [4.78, 5) is 34.5. The highest BCUT2D eigenvalue weighted by Crippen LogP contribution is 2.41. The van der Waals surface area contributed by atoms with Gasteiger partial charge < -0.3 is 15.4 Å². The molecule has 11 nitrogen and oxygen atoms in total. The molecule has 1 aliphatic rings. The first-order valence-electron chi connectivity index (χ1n) is 10.4. The van der Waals surface area contributed by atoms with E-state index in [1.54, 1.807) is 6.07 Å². The maximum Gasteiger partial charge on any atom is 0.273 e. The van der Waals surface area contributed by atoms with Gasteiger partial charge in [0.05, 0.1) is 35.2 Å². The Morgan fingerprint density at radius 1 is 1.21 bits per heavy atom. The number of nitro benzene ring substituents is 1. The zero-order valence-corrected chi connectivity index (χ0v) is 19.3. The highest BCUT2D eigenvalue weighted by molar-refractivity contribution is 7.99. The first kappa shape index (κ1) is 23.2. The van der Waals surface area contributed by atoms with E-state index >= 15 is 0 Å². The Morgan fingerprint density at radius 2 is 2.00 bits per heavy atom. The van der Waals surface area contributed by atoms with Crippen LogP contribution in [0.25, 0.3) is 5.69 Å². The predicted molar refractivity (Wildman–Crippen MR) is 127 cm³/mol. The molecule has 2 aromatic carbocycles. The molecule has 1 fully saturated rings. The number of rotatable bonds is 9. The van der Waals surface area contributed by atoms with Crippen LogP contribution in [0.4, 0.5) is 17.1 Å². The Hall–Kier alpha value is -3.93. The van der Waals surface area contributed by atoms with E-state index in [2.05, 4.69) is 20.8 Å². The monoisotopic (exact) mass is 482 g/mol. The van der Waals surface area contributed by atoms with E-state index in [1.165, 1.54) is 44.0 Å². The van der Waals surface area contributed by atoms with Crippen molar-refractivity contribution in [3.05, 3.63) is 58.4 Å². The molecule has 1 saturated carbocycles. The van der Waals surface area contributed by atoms with Gasteiger partial charge in [0, 0.05) is 24.6 Å². The smallest absolute Gasteiger partial charge is 0.273 e. The van der Waals surface area contributed by atoms with Gasteiger partial charge in [-0.3, -0.25) is 24.3 Å². The molecule has 1 heterocycles. The topological polar surface area (TPSA) is 141 Å². The molecule has 1 aromatic heterocycles. The number of anilines is 2. The molecule has 1 aliphatic carbocycles. The molecule has 176 valence electrons. The Morgan fingerprint density at radius 3 is 2.68 bits per heavy atom. The van der Waals surface area contributed by atoms with Crippen molar-refractivity contribution in [2.45, 2.75) is 30.8 Å². The molecular weight excluding hydrogens is 460 g/mol. The highest BCUT2D eigenvalue weighted by Gasteiger charge is 2.31. The number of thioether (sulfide) groups is 1. The van der Waals surface area contributed by atoms with Crippen LogP contribution in [-0.4, -0.2) is 44.4 Å². The minimum Gasteiger partial charge on any atom is -0.494 e. The van der Waals surface area contributed by atoms with E-state index in [4.69, 9.17) is 4.74 Å². The van der Waals surface area contributed by atoms with E-state index in [0.29, 0.717) is 22.4 Å². The van der Waals surface area contributed by atoms with Crippen LogP contribution in [0.1, 0.15) is 31.5 Å². The number of carbonyl (C=O) groups is 2. The van der Waals surface area contributed by atoms with E-state index in [0.717, 1.165) is 24.4 Å². The fourth-order valence-corrected chi connectivity index (χ4v) is 4.12. The Labute approximate surface area is 199 Å². The van der Waals surface area contributed by atoms with E-state index in [9.17, 15) is 19.7 Å². The third-order valence-corrected chi connectivity index (χ3v) is 5.96. The molecule has 0 saturated heterocycles. The normalized spacial score (nSPS) is 12.8. The van der Waals surface area contributed by atoms with Crippen molar-refractivity contribution < 1.29 is 19.2 Å². The molecule has 2 N–H and O–H groups in total. The second-order valence-corrected chi connectivity index (χ2v) is 8.60. The molecule has 12 heteroatoms.